The molecule has 1 aliphatic rings. The van der Waals surface area contributed by atoms with Crippen molar-refractivity contribution >= 4 is 12.0 Å². The van der Waals surface area contributed by atoms with Crippen LogP contribution in [0.5, 0.6) is 0 Å². The maximum Gasteiger partial charge on any atom is 0.412 e. The number of hydrogen-bond acceptors (Lipinski definition) is 5. The summed E-state index contributed by atoms with van der Waals surface area (Å²) in [5.41, 5.74) is 0.0578. The minimum atomic E-state index is -0.643. The third-order valence-electron chi connectivity index (χ3n) is 3.53. The molecule has 0 bridgehead atoms. The lowest BCUT2D eigenvalue weighted by Crippen LogP contribution is -2.50. The van der Waals surface area contributed by atoms with Crippen LogP contribution in [0.25, 0.3) is 0 Å². The quantitative estimate of drug-likeness (QED) is 0.767. The normalized spacial score (nSPS) is 20.0. The predicted molar refractivity (Wildman–Crippen MR) is 90.3 cm³/mol. The zero-order valence-electron chi connectivity index (χ0n) is 15.5. The van der Waals surface area contributed by atoms with Crippen molar-refractivity contribution in [3.8, 4) is 0 Å². The van der Waals surface area contributed by atoms with Gasteiger partial charge in [0.25, 0.3) is 0 Å². The molecule has 0 saturated carbocycles. The van der Waals surface area contributed by atoms with Crippen molar-refractivity contribution in [2.45, 2.75) is 52.4 Å². The van der Waals surface area contributed by atoms with Crippen LogP contribution in [-0.4, -0.2) is 67.0 Å². The van der Waals surface area contributed by atoms with Crippen molar-refractivity contribution in [3.05, 3.63) is 12.3 Å². The highest BCUT2D eigenvalue weighted by molar-refractivity contribution is 5.79. The Labute approximate surface area is 144 Å². The summed E-state index contributed by atoms with van der Waals surface area (Å²) in [5.74, 6) is -0.135. The third kappa shape index (κ3) is 6.13. The van der Waals surface area contributed by atoms with E-state index in [1.807, 2.05) is 6.92 Å². The molecule has 1 unspecified atom stereocenters. The van der Waals surface area contributed by atoms with Crippen molar-refractivity contribution in [1.82, 2.24) is 9.80 Å². The number of carbonyl (C=O) groups is 2. The van der Waals surface area contributed by atoms with Gasteiger partial charge in [-0.3, -0.25) is 9.69 Å². The summed E-state index contributed by atoms with van der Waals surface area (Å²) in [6.07, 6.45) is -0.587. The third-order valence-corrected chi connectivity index (χ3v) is 3.53. The molecule has 0 aromatic carbocycles. The van der Waals surface area contributed by atoms with Crippen LogP contribution in [0.2, 0.25) is 0 Å². The van der Waals surface area contributed by atoms with Gasteiger partial charge in [-0.2, -0.15) is 0 Å². The van der Waals surface area contributed by atoms with Gasteiger partial charge in [0.15, 0.2) is 0 Å². The molecule has 0 aliphatic carbocycles. The second-order valence-electron chi connectivity index (χ2n) is 6.64. The molecule has 0 aromatic heterocycles. The second-order valence-corrected chi connectivity index (χ2v) is 6.64. The lowest BCUT2D eigenvalue weighted by Gasteiger charge is -2.37. The SMILES string of the molecule is C=C1CCN(C(=O)OC(C)(C)C)C(OCC)CC(=O)N1CCOC. The van der Waals surface area contributed by atoms with E-state index < -0.39 is 17.9 Å². The zero-order chi connectivity index (χ0) is 18.3. The average Bonchev–Trinajstić information content (AvgIpc) is 2.44. The first-order valence-corrected chi connectivity index (χ1v) is 8.28. The number of carbonyl (C=O) groups excluding carboxylic acids is 2. The van der Waals surface area contributed by atoms with Gasteiger partial charge in [0.1, 0.15) is 11.8 Å². The number of hydrogen-bond donors (Lipinski definition) is 0. The van der Waals surface area contributed by atoms with E-state index in [0.29, 0.717) is 38.4 Å². The lowest BCUT2D eigenvalue weighted by molar-refractivity contribution is -0.139. The van der Waals surface area contributed by atoms with Gasteiger partial charge in [-0.15, -0.1) is 0 Å². The summed E-state index contributed by atoms with van der Waals surface area (Å²) < 4.78 is 16.1. The maximum atomic E-state index is 12.6. The Hall–Kier alpha value is -1.60. The molecule has 138 valence electrons. The minimum Gasteiger partial charge on any atom is -0.444 e. The van der Waals surface area contributed by atoms with Crippen molar-refractivity contribution in [2.75, 3.05) is 33.4 Å². The zero-order valence-corrected chi connectivity index (χ0v) is 15.5. The van der Waals surface area contributed by atoms with Crippen LogP contribution in [0, 0.1) is 0 Å². The largest absolute Gasteiger partial charge is 0.444 e. The van der Waals surface area contributed by atoms with Crippen molar-refractivity contribution < 1.29 is 23.8 Å². The summed E-state index contributed by atoms with van der Waals surface area (Å²) in [6.45, 7) is 12.9. The van der Waals surface area contributed by atoms with Crippen LogP contribution in [0.4, 0.5) is 4.79 Å². The van der Waals surface area contributed by atoms with E-state index in [1.165, 1.54) is 4.90 Å². The van der Waals surface area contributed by atoms with Crippen molar-refractivity contribution in [2.24, 2.45) is 0 Å². The summed E-state index contributed by atoms with van der Waals surface area (Å²) >= 11 is 0. The number of methoxy groups -OCH3 is 1. The van der Waals surface area contributed by atoms with E-state index in [9.17, 15) is 9.59 Å². The average molecular weight is 342 g/mol. The van der Waals surface area contributed by atoms with Crippen LogP contribution in [0.3, 0.4) is 0 Å². The Morgan fingerprint density at radius 2 is 2.04 bits per heavy atom. The van der Waals surface area contributed by atoms with Gasteiger partial charge in [-0.25, -0.2) is 4.79 Å². The van der Waals surface area contributed by atoms with E-state index in [4.69, 9.17) is 14.2 Å². The van der Waals surface area contributed by atoms with Crippen molar-refractivity contribution in [1.29, 1.82) is 0 Å². The molecule has 1 atom stereocenters. The van der Waals surface area contributed by atoms with Crippen LogP contribution < -0.4 is 0 Å². The molecule has 0 N–H and O–H groups in total. The molecule has 2 amide bonds. The highest BCUT2D eigenvalue weighted by atomic mass is 16.6. The number of nitrogens with zero attached hydrogens (tertiary/aromatic N) is 2. The van der Waals surface area contributed by atoms with Crippen LogP contribution in [-0.2, 0) is 19.0 Å². The molecule has 1 rings (SSSR count). The Morgan fingerprint density at radius 3 is 2.58 bits per heavy atom. The molecule has 0 aromatic rings. The standard InChI is InChI=1S/C17H30N2O5/c1-7-23-15-12-14(20)18(10-11-22-6)13(2)8-9-19(15)16(21)24-17(3,4)5/h15H,2,7-12H2,1,3-6H3. The van der Waals surface area contributed by atoms with Gasteiger partial charge < -0.3 is 19.1 Å². The van der Waals surface area contributed by atoms with Gasteiger partial charge in [-0.1, -0.05) is 6.58 Å². The highest BCUT2D eigenvalue weighted by Gasteiger charge is 2.34. The summed E-state index contributed by atoms with van der Waals surface area (Å²) in [4.78, 5) is 28.1. The van der Waals surface area contributed by atoms with Gasteiger partial charge in [0, 0.05) is 38.9 Å². The smallest absolute Gasteiger partial charge is 0.412 e. The summed E-state index contributed by atoms with van der Waals surface area (Å²) in [5, 5.41) is 0. The van der Waals surface area contributed by atoms with E-state index in [2.05, 4.69) is 6.58 Å². The van der Waals surface area contributed by atoms with Crippen LogP contribution >= 0.6 is 0 Å². The molecule has 7 heteroatoms. The Balaban J connectivity index is 2.93. The molecular formula is C17H30N2O5. The number of ether oxygens (including phenoxy) is 3. The van der Waals surface area contributed by atoms with Crippen molar-refractivity contribution in [3.63, 3.8) is 0 Å². The van der Waals surface area contributed by atoms with E-state index in [0.717, 1.165) is 0 Å². The fourth-order valence-electron chi connectivity index (χ4n) is 2.41. The Bertz CT molecular complexity index is 458. The topological polar surface area (TPSA) is 68.3 Å². The molecule has 1 aliphatic heterocycles. The molecule has 0 spiro atoms. The highest BCUT2D eigenvalue weighted by Crippen LogP contribution is 2.21. The second kappa shape index (κ2) is 9.03. The number of rotatable bonds is 5. The molecular weight excluding hydrogens is 312 g/mol. The monoisotopic (exact) mass is 342 g/mol. The van der Waals surface area contributed by atoms with E-state index >= 15 is 0 Å². The van der Waals surface area contributed by atoms with Gasteiger partial charge in [-0.05, 0) is 27.7 Å². The van der Waals surface area contributed by atoms with E-state index in [-0.39, 0.29) is 12.3 Å². The van der Waals surface area contributed by atoms with E-state index in [1.54, 1.807) is 32.8 Å². The summed E-state index contributed by atoms with van der Waals surface area (Å²) in [6, 6.07) is 0. The predicted octanol–water partition coefficient (Wildman–Crippen LogP) is 2.37. The minimum absolute atomic E-state index is 0.0653. The first-order valence-electron chi connectivity index (χ1n) is 8.28. The van der Waals surface area contributed by atoms with Crippen LogP contribution in [0.15, 0.2) is 12.3 Å². The Kier molecular flexibility index (Phi) is 7.69. The first-order chi connectivity index (χ1) is 11.2. The van der Waals surface area contributed by atoms with Gasteiger partial charge in [0.05, 0.1) is 13.0 Å². The van der Waals surface area contributed by atoms with Crippen LogP contribution in [0.1, 0.15) is 40.5 Å². The number of amides is 2. The lowest BCUT2D eigenvalue weighted by atomic mass is 10.1. The fourth-order valence-corrected chi connectivity index (χ4v) is 2.41. The maximum absolute atomic E-state index is 12.6. The van der Waals surface area contributed by atoms with Gasteiger partial charge >= 0.3 is 6.09 Å². The molecule has 1 fully saturated rings. The fraction of sp³-hybridized carbons (Fsp3) is 0.765. The van der Waals surface area contributed by atoms with Gasteiger partial charge in [0.2, 0.25) is 5.91 Å². The molecule has 1 saturated heterocycles. The molecule has 1 heterocycles. The molecule has 7 nitrogen and oxygen atoms in total. The molecule has 0 radical (unpaired) electrons. The first kappa shape index (κ1) is 20.4. The molecule has 24 heavy (non-hydrogen) atoms. The Morgan fingerprint density at radius 1 is 1.38 bits per heavy atom. The summed E-state index contributed by atoms with van der Waals surface area (Å²) in [7, 11) is 1.59.